The molecule has 1 aliphatic rings. The first kappa shape index (κ1) is 16.5. The van der Waals surface area contributed by atoms with Crippen LogP contribution >= 0.6 is 0 Å². The van der Waals surface area contributed by atoms with Gasteiger partial charge in [-0.05, 0) is 51.3 Å². The molecular formula is C17H22FNO3. The fourth-order valence-electron chi connectivity index (χ4n) is 2.54. The third-order valence-corrected chi connectivity index (χ3v) is 3.66. The highest BCUT2D eigenvalue weighted by Gasteiger charge is 2.32. The Balaban J connectivity index is 2.05. The van der Waals surface area contributed by atoms with Gasteiger partial charge in [-0.3, -0.25) is 4.79 Å². The molecule has 0 spiro atoms. The summed E-state index contributed by atoms with van der Waals surface area (Å²) < 4.78 is 18.6. The van der Waals surface area contributed by atoms with Gasteiger partial charge in [0, 0.05) is 12.5 Å². The average molecular weight is 307 g/mol. The lowest BCUT2D eigenvalue weighted by molar-refractivity contribution is -0.123. The number of carbonyl (C=O) groups is 2. The van der Waals surface area contributed by atoms with Crippen LogP contribution in [-0.2, 0) is 9.53 Å². The number of Topliss-reactive ketones (excluding diaryl/α,β-unsaturated/α-hetero) is 1. The molecule has 0 saturated carbocycles. The van der Waals surface area contributed by atoms with Crippen molar-refractivity contribution in [2.45, 2.75) is 45.6 Å². The number of halogens is 1. The number of nitrogens with zero attached hydrogens (tertiary/aromatic N) is 1. The van der Waals surface area contributed by atoms with Crippen molar-refractivity contribution in [3.05, 3.63) is 35.1 Å². The van der Waals surface area contributed by atoms with Crippen molar-refractivity contribution < 1.29 is 18.7 Å². The van der Waals surface area contributed by atoms with E-state index in [4.69, 9.17) is 4.74 Å². The molecule has 1 fully saturated rings. The molecule has 1 aromatic rings. The molecule has 1 atom stereocenters. The van der Waals surface area contributed by atoms with E-state index in [1.165, 1.54) is 11.0 Å². The Morgan fingerprint density at radius 2 is 2.05 bits per heavy atom. The summed E-state index contributed by atoms with van der Waals surface area (Å²) >= 11 is 0. The van der Waals surface area contributed by atoms with Gasteiger partial charge in [-0.15, -0.1) is 0 Å². The number of hydrogen-bond acceptors (Lipinski definition) is 3. The highest BCUT2D eigenvalue weighted by atomic mass is 19.1. The number of amides is 1. The van der Waals surface area contributed by atoms with E-state index in [0.29, 0.717) is 18.5 Å². The second kappa shape index (κ2) is 6.07. The monoisotopic (exact) mass is 307 g/mol. The van der Waals surface area contributed by atoms with Gasteiger partial charge in [0.2, 0.25) is 0 Å². The van der Waals surface area contributed by atoms with Crippen LogP contribution in [0.3, 0.4) is 0 Å². The second-order valence-corrected chi connectivity index (χ2v) is 6.72. The van der Waals surface area contributed by atoms with E-state index < -0.39 is 11.7 Å². The second-order valence-electron chi connectivity index (χ2n) is 6.72. The van der Waals surface area contributed by atoms with E-state index in [0.717, 1.165) is 5.56 Å². The lowest BCUT2D eigenvalue weighted by Crippen LogP contribution is -2.45. The van der Waals surface area contributed by atoms with Gasteiger partial charge in [-0.25, -0.2) is 9.18 Å². The van der Waals surface area contributed by atoms with Gasteiger partial charge in [0.25, 0.3) is 0 Å². The van der Waals surface area contributed by atoms with E-state index in [1.807, 2.05) is 0 Å². The number of hydrogen-bond donors (Lipinski definition) is 0. The minimum absolute atomic E-state index is 0.0377. The van der Waals surface area contributed by atoms with Gasteiger partial charge in [0.05, 0.1) is 6.54 Å². The van der Waals surface area contributed by atoms with E-state index >= 15 is 0 Å². The molecule has 0 bridgehead atoms. The normalized spacial score (nSPS) is 19.2. The van der Waals surface area contributed by atoms with E-state index in [9.17, 15) is 14.0 Å². The number of likely N-dealkylation sites (tertiary alicyclic amines) is 1. The van der Waals surface area contributed by atoms with Gasteiger partial charge >= 0.3 is 6.09 Å². The average Bonchev–Trinajstić information content (AvgIpc) is 2.40. The molecule has 0 unspecified atom stereocenters. The van der Waals surface area contributed by atoms with Crippen LogP contribution in [0.4, 0.5) is 9.18 Å². The Morgan fingerprint density at radius 3 is 2.59 bits per heavy atom. The first-order valence-electron chi connectivity index (χ1n) is 7.44. The summed E-state index contributed by atoms with van der Waals surface area (Å²) in [5.74, 6) is -0.594. The lowest BCUT2D eigenvalue weighted by Gasteiger charge is -2.32. The molecule has 4 nitrogen and oxygen atoms in total. The molecule has 0 radical (unpaired) electrons. The topological polar surface area (TPSA) is 46.6 Å². The number of ether oxygens (including phenoxy) is 1. The molecule has 0 aliphatic carbocycles. The standard InChI is InChI=1S/C17H22FNO3/c1-11-9-12(5-6-14(11)18)13-7-8-19(10-15(13)20)16(21)22-17(2,3)4/h5-6,9,13H,7-8,10H2,1-4H3/t13-/m1/s1. The van der Waals surface area contributed by atoms with Crippen LogP contribution < -0.4 is 0 Å². The van der Waals surface area contributed by atoms with Crippen molar-refractivity contribution in [1.82, 2.24) is 4.90 Å². The van der Waals surface area contributed by atoms with Gasteiger partial charge in [-0.1, -0.05) is 12.1 Å². The largest absolute Gasteiger partial charge is 0.444 e. The van der Waals surface area contributed by atoms with E-state index in [1.54, 1.807) is 39.8 Å². The summed E-state index contributed by atoms with van der Waals surface area (Å²) in [5, 5.41) is 0. The summed E-state index contributed by atoms with van der Waals surface area (Å²) in [6.07, 6.45) is 0.0676. The third-order valence-electron chi connectivity index (χ3n) is 3.66. The zero-order valence-corrected chi connectivity index (χ0v) is 13.5. The fraction of sp³-hybridized carbons (Fsp3) is 0.529. The zero-order valence-electron chi connectivity index (χ0n) is 13.5. The Hall–Kier alpha value is -1.91. The quantitative estimate of drug-likeness (QED) is 0.798. The lowest BCUT2D eigenvalue weighted by atomic mass is 9.87. The molecule has 0 N–H and O–H groups in total. The predicted octanol–water partition coefficient (Wildman–Crippen LogP) is 3.43. The van der Waals surface area contributed by atoms with Crippen molar-refractivity contribution >= 4 is 11.9 Å². The van der Waals surface area contributed by atoms with Crippen molar-refractivity contribution in [1.29, 1.82) is 0 Å². The number of benzene rings is 1. The van der Waals surface area contributed by atoms with Crippen LogP contribution in [0.5, 0.6) is 0 Å². The number of rotatable bonds is 1. The number of carbonyl (C=O) groups excluding carboxylic acids is 2. The molecule has 1 amide bonds. The maximum Gasteiger partial charge on any atom is 0.410 e. The third kappa shape index (κ3) is 3.84. The van der Waals surface area contributed by atoms with Gasteiger partial charge < -0.3 is 9.64 Å². The van der Waals surface area contributed by atoms with Gasteiger partial charge in [0.1, 0.15) is 11.4 Å². The molecule has 1 aliphatic heterocycles. The van der Waals surface area contributed by atoms with E-state index in [-0.39, 0.29) is 24.1 Å². The molecule has 120 valence electrons. The number of piperidine rings is 1. The smallest absolute Gasteiger partial charge is 0.410 e. The fourth-order valence-corrected chi connectivity index (χ4v) is 2.54. The predicted molar refractivity (Wildman–Crippen MR) is 81.3 cm³/mol. The Morgan fingerprint density at radius 1 is 1.36 bits per heavy atom. The van der Waals surface area contributed by atoms with Crippen molar-refractivity contribution in [3.8, 4) is 0 Å². The first-order valence-corrected chi connectivity index (χ1v) is 7.44. The highest BCUT2D eigenvalue weighted by Crippen LogP contribution is 2.27. The SMILES string of the molecule is Cc1cc([C@H]2CCN(C(=O)OC(C)(C)C)CC2=O)ccc1F. The van der Waals surface area contributed by atoms with Crippen LogP contribution in [0, 0.1) is 12.7 Å². The molecule has 1 saturated heterocycles. The number of ketones is 1. The molecule has 22 heavy (non-hydrogen) atoms. The molecular weight excluding hydrogens is 285 g/mol. The summed E-state index contributed by atoms with van der Waals surface area (Å²) in [6.45, 7) is 7.55. The molecule has 2 rings (SSSR count). The summed E-state index contributed by atoms with van der Waals surface area (Å²) in [6, 6.07) is 4.74. The Kier molecular flexibility index (Phi) is 4.54. The Bertz CT molecular complexity index is 592. The van der Waals surface area contributed by atoms with Gasteiger partial charge in [0.15, 0.2) is 5.78 Å². The zero-order chi connectivity index (χ0) is 16.5. The van der Waals surface area contributed by atoms with E-state index in [2.05, 4.69) is 0 Å². The van der Waals surface area contributed by atoms with Gasteiger partial charge in [-0.2, -0.15) is 0 Å². The Labute approximate surface area is 130 Å². The first-order chi connectivity index (χ1) is 10.2. The molecule has 1 aromatic carbocycles. The van der Waals surface area contributed by atoms with Crippen molar-refractivity contribution in [3.63, 3.8) is 0 Å². The number of aryl methyl sites for hydroxylation is 1. The summed E-state index contributed by atoms with van der Waals surface area (Å²) in [7, 11) is 0. The minimum atomic E-state index is -0.578. The highest BCUT2D eigenvalue weighted by molar-refractivity contribution is 5.90. The maximum absolute atomic E-state index is 13.3. The molecule has 1 heterocycles. The van der Waals surface area contributed by atoms with Crippen LogP contribution in [-0.4, -0.2) is 35.5 Å². The summed E-state index contributed by atoms with van der Waals surface area (Å²) in [4.78, 5) is 25.8. The van der Waals surface area contributed by atoms with Crippen LogP contribution in [0.2, 0.25) is 0 Å². The van der Waals surface area contributed by atoms with Crippen molar-refractivity contribution in [2.24, 2.45) is 0 Å². The molecule has 0 aromatic heterocycles. The summed E-state index contributed by atoms with van der Waals surface area (Å²) in [5.41, 5.74) is 0.762. The van der Waals surface area contributed by atoms with Crippen LogP contribution in [0.15, 0.2) is 18.2 Å². The van der Waals surface area contributed by atoms with Crippen LogP contribution in [0.1, 0.15) is 44.2 Å². The minimum Gasteiger partial charge on any atom is -0.444 e. The van der Waals surface area contributed by atoms with Crippen LogP contribution in [0.25, 0.3) is 0 Å². The van der Waals surface area contributed by atoms with Crippen molar-refractivity contribution in [2.75, 3.05) is 13.1 Å². The molecule has 5 heteroatoms. The maximum atomic E-state index is 13.3.